The first kappa shape index (κ1) is 14.1. The summed E-state index contributed by atoms with van der Waals surface area (Å²) in [4.78, 5) is 24.9. The molecule has 3 heterocycles. The molecule has 1 atom stereocenters. The Hall–Kier alpha value is -1.81. The van der Waals surface area contributed by atoms with Crippen LogP contribution in [0.25, 0.3) is 0 Å². The Morgan fingerprint density at radius 1 is 1.38 bits per heavy atom. The first-order valence-electron chi connectivity index (χ1n) is 7.12. The Morgan fingerprint density at radius 2 is 2.19 bits per heavy atom. The third kappa shape index (κ3) is 3.10. The lowest BCUT2D eigenvalue weighted by molar-refractivity contribution is -0.134. The zero-order valence-corrected chi connectivity index (χ0v) is 12.6. The zero-order valence-electron chi connectivity index (χ0n) is 11.7. The van der Waals surface area contributed by atoms with Crippen molar-refractivity contribution in [3.8, 4) is 6.07 Å². The van der Waals surface area contributed by atoms with Crippen molar-refractivity contribution < 1.29 is 4.79 Å². The molecule has 3 rings (SSSR count). The van der Waals surface area contributed by atoms with Gasteiger partial charge in [0.2, 0.25) is 11.9 Å². The van der Waals surface area contributed by atoms with Gasteiger partial charge < -0.3 is 9.80 Å². The Labute approximate surface area is 128 Å². The molecule has 0 bridgehead atoms. The van der Waals surface area contributed by atoms with Gasteiger partial charge in [-0.25, -0.2) is 9.97 Å². The lowest BCUT2D eigenvalue weighted by Gasteiger charge is -2.28. The molecule has 0 saturated carbocycles. The molecule has 0 spiro atoms. The van der Waals surface area contributed by atoms with Gasteiger partial charge in [-0.3, -0.25) is 4.79 Å². The minimum absolute atomic E-state index is 0.0300. The van der Waals surface area contributed by atoms with Crippen molar-refractivity contribution in [2.45, 2.75) is 6.42 Å². The summed E-state index contributed by atoms with van der Waals surface area (Å²) in [6.07, 6.45) is 2.43. The van der Waals surface area contributed by atoms with Gasteiger partial charge >= 0.3 is 0 Å². The molecular weight excluding hydrogens is 286 g/mol. The molecular formula is C14H17N5OS. The van der Waals surface area contributed by atoms with Crippen molar-refractivity contribution in [2.75, 3.05) is 42.6 Å². The van der Waals surface area contributed by atoms with Gasteiger partial charge in [-0.15, -0.1) is 0 Å². The van der Waals surface area contributed by atoms with Gasteiger partial charge in [-0.05, 0) is 12.5 Å². The standard InChI is InChI=1S/C14H17N5OS/c15-9-12-1-3-16-14(17-12)19-4-2-11(10-19)13(20)18-5-7-21-8-6-18/h1,3,11H,2,4-8,10H2. The van der Waals surface area contributed by atoms with Crippen LogP contribution in [-0.2, 0) is 4.79 Å². The minimum atomic E-state index is 0.0300. The minimum Gasteiger partial charge on any atom is -0.341 e. The van der Waals surface area contributed by atoms with E-state index in [9.17, 15) is 4.79 Å². The smallest absolute Gasteiger partial charge is 0.227 e. The largest absolute Gasteiger partial charge is 0.341 e. The van der Waals surface area contributed by atoms with E-state index in [-0.39, 0.29) is 11.8 Å². The first-order chi connectivity index (χ1) is 10.3. The van der Waals surface area contributed by atoms with Gasteiger partial charge in [-0.2, -0.15) is 17.0 Å². The van der Waals surface area contributed by atoms with Crippen LogP contribution in [0.15, 0.2) is 12.3 Å². The van der Waals surface area contributed by atoms with Crippen LogP contribution in [0.3, 0.4) is 0 Å². The van der Waals surface area contributed by atoms with Crippen LogP contribution >= 0.6 is 11.8 Å². The van der Waals surface area contributed by atoms with Crippen LogP contribution in [0.4, 0.5) is 5.95 Å². The fraction of sp³-hybridized carbons (Fsp3) is 0.571. The number of thioether (sulfide) groups is 1. The molecule has 1 unspecified atom stereocenters. The van der Waals surface area contributed by atoms with Crippen LogP contribution in [0.2, 0.25) is 0 Å². The van der Waals surface area contributed by atoms with Gasteiger partial charge in [0.15, 0.2) is 0 Å². The van der Waals surface area contributed by atoms with Crippen LogP contribution in [-0.4, -0.2) is 58.5 Å². The summed E-state index contributed by atoms with van der Waals surface area (Å²) in [5.41, 5.74) is 0.364. The highest BCUT2D eigenvalue weighted by Crippen LogP contribution is 2.23. The highest BCUT2D eigenvalue weighted by molar-refractivity contribution is 7.99. The lowest BCUT2D eigenvalue weighted by atomic mass is 10.1. The summed E-state index contributed by atoms with van der Waals surface area (Å²) < 4.78 is 0. The average molecular weight is 303 g/mol. The monoisotopic (exact) mass is 303 g/mol. The molecule has 0 aliphatic carbocycles. The number of hydrogen-bond acceptors (Lipinski definition) is 6. The molecule has 110 valence electrons. The second-order valence-corrected chi connectivity index (χ2v) is 6.45. The van der Waals surface area contributed by atoms with Crippen LogP contribution in [0, 0.1) is 17.2 Å². The van der Waals surface area contributed by atoms with E-state index < -0.39 is 0 Å². The third-order valence-electron chi connectivity index (χ3n) is 3.90. The third-order valence-corrected chi connectivity index (χ3v) is 4.84. The van der Waals surface area contributed by atoms with Crippen molar-refractivity contribution in [1.29, 1.82) is 5.26 Å². The second-order valence-electron chi connectivity index (χ2n) is 5.22. The van der Waals surface area contributed by atoms with Crippen molar-refractivity contribution >= 4 is 23.6 Å². The maximum absolute atomic E-state index is 12.5. The fourth-order valence-corrected chi connectivity index (χ4v) is 3.65. The fourth-order valence-electron chi connectivity index (χ4n) is 2.75. The van der Waals surface area contributed by atoms with E-state index in [0.717, 1.165) is 37.6 Å². The van der Waals surface area contributed by atoms with Crippen LogP contribution < -0.4 is 4.90 Å². The Kier molecular flexibility index (Phi) is 4.25. The maximum atomic E-state index is 12.5. The van der Waals surface area contributed by atoms with E-state index in [1.807, 2.05) is 27.6 Å². The second kappa shape index (κ2) is 6.31. The van der Waals surface area contributed by atoms with Crippen molar-refractivity contribution in [2.24, 2.45) is 5.92 Å². The summed E-state index contributed by atoms with van der Waals surface area (Å²) in [6.45, 7) is 3.14. The van der Waals surface area contributed by atoms with E-state index in [2.05, 4.69) is 9.97 Å². The maximum Gasteiger partial charge on any atom is 0.227 e. The molecule has 6 nitrogen and oxygen atoms in total. The molecule has 0 aromatic carbocycles. The molecule has 1 aromatic rings. The molecule has 21 heavy (non-hydrogen) atoms. The molecule has 7 heteroatoms. The van der Waals surface area contributed by atoms with Crippen molar-refractivity contribution in [3.63, 3.8) is 0 Å². The molecule has 0 radical (unpaired) electrons. The van der Waals surface area contributed by atoms with Crippen LogP contribution in [0.1, 0.15) is 12.1 Å². The normalized spacial score (nSPS) is 22.1. The van der Waals surface area contributed by atoms with Gasteiger partial charge in [0.1, 0.15) is 11.8 Å². The van der Waals surface area contributed by atoms with E-state index in [0.29, 0.717) is 18.2 Å². The zero-order chi connectivity index (χ0) is 14.7. The number of rotatable bonds is 2. The van der Waals surface area contributed by atoms with Crippen LogP contribution in [0.5, 0.6) is 0 Å². The predicted molar refractivity (Wildman–Crippen MR) is 81.0 cm³/mol. The number of carbonyl (C=O) groups is 1. The van der Waals surface area contributed by atoms with E-state index in [1.54, 1.807) is 12.3 Å². The quantitative estimate of drug-likeness (QED) is 0.803. The molecule has 0 N–H and O–H groups in total. The highest BCUT2D eigenvalue weighted by Gasteiger charge is 2.33. The number of anilines is 1. The number of nitrogens with zero attached hydrogens (tertiary/aromatic N) is 5. The molecule has 2 saturated heterocycles. The summed E-state index contributed by atoms with van der Waals surface area (Å²) in [7, 11) is 0. The van der Waals surface area contributed by atoms with Gasteiger partial charge in [-0.1, -0.05) is 0 Å². The molecule has 1 aromatic heterocycles. The summed E-state index contributed by atoms with van der Waals surface area (Å²) >= 11 is 1.91. The first-order valence-corrected chi connectivity index (χ1v) is 8.28. The van der Waals surface area contributed by atoms with Crippen molar-refractivity contribution in [1.82, 2.24) is 14.9 Å². The van der Waals surface area contributed by atoms with E-state index in [4.69, 9.17) is 5.26 Å². The highest BCUT2D eigenvalue weighted by atomic mass is 32.2. The SMILES string of the molecule is N#Cc1ccnc(N2CCC(C(=O)N3CCSCC3)C2)n1. The predicted octanol–water partition coefficient (Wildman–Crippen LogP) is 0.750. The molecule has 2 fully saturated rings. The number of aromatic nitrogens is 2. The molecule has 2 aliphatic heterocycles. The summed E-state index contributed by atoms with van der Waals surface area (Å²) in [5.74, 6) is 2.92. The van der Waals surface area contributed by atoms with E-state index >= 15 is 0 Å². The average Bonchev–Trinajstić information content (AvgIpc) is 3.05. The number of carbonyl (C=O) groups excluding carboxylic acids is 1. The van der Waals surface area contributed by atoms with Gasteiger partial charge in [0, 0.05) is 43.9 Å². The lowest BCUT2D eigenvalue weighted by Crippen LogP contribution is -2.42. The molecule has 2 aliphatic rings. The van der Waals surface area contributed by atoms with Gasteiger partial charge in [0.05, 0.1) is 5.92 Å². The van der Waals surface area contributed by atoms with E-state index in [1.165, 1.54) is 0 Å². The summed E-state index contributed by atoms with van der Waals surface area (Å²) in [5, 5.41) is 8.89. The summed E-state index contributed by atoms with van der Waals surface area (Å²) in [6, 6.07) is 3.61. The Morgan fingerprint density at radius 3 is 2.95 bits per heavy atom. The number of amides is 1. The topological polar surface area (TPSA) is 73.1 Å². The molecule has 1 amide bonds. The number of nitriles is 1. The Balaban J connectivity index is 1.64. The number of hydrogen-bond donors (Lipinski definition) is 0. The van der Waals surface area contributed by atoms with Gasteiger partial charge in [0.25, 0.3) is 0 Å². The Bertz CT molecular complexity index is 567. The van der Waals surface area contributed by atoms with Crippen molar-refractivity contribution in [3.05, 3.63) is 18.0 Å².